The quantitative estimate of drug-likeness (QED) is 0.177. The van der Waals surface area contributed by atoms with Crippen LogP contribution in [-0.2, 0) is 28.8 Å². The molecule has 70 heavy (non-hydrogen) atoms. The van der Waals surface area contributed by atoms with E-state index in [1.54, 1.807) is 0 Å². The Morgan fingerprint density at radius 3 is 0.114 bits per heavy atom. The average molecular weight is 990 g/mol. The summed E-state index contributed by atoms with van der Waals surface area (Å²) in [4.78, 5) is 49.1. The fraction of sp³-hybridized carbons (Fsp3) is 0. The van der Waals surface area contributed by atoms with Crippen molar-refractivity contribution in [2.75, 3.05) is 0 Å². The van der Waals surface area contributed by atoms with Gasteiger partial charge < -0.3 is 19.2 Å². The van der Waals surface area contributed by atoms with Crippen LogP contribution in [0.25, 0.3) is 0 Å². The highest BCUT2D eigenvalue weighted by Crippen LogP contribution is 0.928. The molecule has 0 unspecified atom stereocenters. The number of hydrogen-bond donors (Lipinski definition) is 0. The van der Waals surface area contributed by atoms with Crippen molar-refractivity contribution in [1.82, 2.24) is 0 Å². The van der Waals surface area contributed by atoms with Crippen molar-refractivity contribution in [3.05, 3.63) is 382 Å². The van der Waals surface area contributed by atoms with Gasteiger partial charge in [0.2, 0.25) is 0 Å². The molecule has 0 radical (unpaired) electrons. The molecule has 0 aliphatic rings. The number of carbonyl (C=O) groups excluding carboxylic acids is 6. The van der Waals surface area contributed by atoms with Gasteiger partial charge in [0.15, 0.2) is 0 Å². The molecule has 0 rings (SSSR count). The molecule has 0 fully saturated rings. The maximum absolute atomic E-state index is 8.57. The molecule has 0 heterocycles. The topological polar surface area (TPSA) is 102 Å². The van der Waals surface area contributed by atoms with Gasteiger partial charge in [-0.2, -0.15) is 0 Å². The summed E-state index contributed by atoms with van der Waals surface area (Å²) in [6.45, 7) is 181. The highest BCUT2D eigenvalue weighted by atomic mass is 16.1. The van der Waals surface area contributed by atoms with Gasteiger partial charge in [-0.15, -0.1) is 368 Å². The van der Waals surface area contributed by atoms with Crippen LogP contribution < -0.4 is 0 Å². The van der Waals surface area contributed by atoms with Gasteiger partial charge in [-0.1, -0.05) is 0 Å². The number of carbonyl (C=O) groups is 4. The summed E-state index contributed by atoms with van der Waals surface area (Å²) in [5.74, 6) is 2.50. The van der Waals surface area contributed by atoms with Crippen molar-refractivity contribution in [2.24, 2.45) is 0 Å². The maximum atomic E-state index is 8.57. The van der Waals surface area contributed by atoms with Crippen LogP contribution >= 0.6 is 0 Å². The van der Waals surface area contributed by atoms with Crippen LogP contribution in [-0.4, -0.2) is 39.0 Å². The van der Waals surface area contributed by atoms with Crippen LogP contribution in [0.3, 0.4) is 0 Å². The monoisotopic (exact) mass is 989 g/mol. The van der Waals surface area contributed by atoms with Crippen molar-refractivity contribution < 1.29 is 28.8 Å². The van der Waals surface area contributed by atoms with Gasteiger partial charge in [-0.25, -0.2) is 9.59 Å². The Kier molecular flexibility index (Phi) is 14900. The standard InChI is InChI=1S/2C2H2O.28C2H4.4CH2O/c2*1-2-3;32*1-2/h2*1H2;28*1-2H2;4*1H2. The molecular weight excluding hydrogens is 865 g/mol. The van der Waals surface area contributed by atoms with Gasteiger partial charge in [-0.3, -0.25) is 0 Å². The predicted molar refractivity (Wildman–Crippen MR) is 366 cm³/mol. The minimum absolute atomic E-state index is 1.25. The zero-order chi connectivity index (χ0) is 69.4. The van der Waals surface area contributed by atoms with E-state index < -0.39 is 0 Å². The summed E-state index contributed by atoms with van der Waals surface area (Å²) in [5, 5.41) is 0. The van der Waals surface area contributed by atoms with Crippen molar-refractivity contribution >= 4 is 39.0 Å². The van der Waals surface area contributed by atoms with E-state index in [2.05, 4.69) is 382 Å². The van der Waals surface area contributed by atoms with E-state index in [0.29, 0.717) is 0 Å². The second kappa shape index (κ2) is 3400. The minimum Gasteiger partial charge on any atom is -0.307 e. The van der Waals surface area contributed by atoms with Crippen LogP contribution in [0.1, 0.15) is 0 Å². The second-order valence-electron chi connectivity index (χ2n) is 0.289. The zero-order valence-corrected chi connectivity index (χ0v) is 47.3. The average Bonchev–Trinajstić information content (AvgIpc) is 3.59. The first-order chi connectivity index (χ1) is 34.8. The zero-order valence-electron chi connectivity index (χ0n) is 47.3. The highest BCUT2D eigenvalue weighted by molar-refractivity contribution is 5.38. The number of rotatable bonds is 0. The SMILES string of the molecule is C=C.C=C.C=C.C=C.C=C.C=C.C=C.C=C.C=C.C=C.C=C.C=C.C=C.C=C.C=C.C=C.C=C.C=C.C=C.C=C.C=C.C=C.C=C.C=C.C=C.C=C.C=C.C=C.C=C=O.C=C=O.C=O.C=O.C=O.C=O. The molecule has 0 aromatic heterocycles. The Hall–Kier alpha value is -9.70. The van der Waals surface area contributed by atoms with Crippen molar-refractivity contribution in [2.45, 2.75) is 0 Å². The van der Waals surface area contributed by atoms with E-state index in [9.17, 15) is 0 Å². The first-order valence-corrected chi connectivity index (χ1v) is 16.3. The highest BCUT2D eigenvalue weighted by Gasteiger charge is 1.01. The molecule has 0 atom stereocenters. The van der Waals surface area contributed by atoms with Gasteiger partial charge in [0, 0.05) is 0 Å². The van der Waals surface area contributed by atoms with Crippen LogP contribution in [0, 0.1) is 0 Å². The third kappa shape index (κ3) is 2030. The Morgan fingerprint density at radius 1 is 0.114 bits per heavy atom. The Labute approximate surface area is 447 Å². The van der Waals surface area contributed by atoms with E-state index in [-0.39, 0.29) is 0 Å². The van der Waals surface area contributed by atoms with E-state index in [0.717, 1.165) is 0 Å². The lowest BCUT2D eigenvalue weighted by molar-refractivity contribution is -0.0987. The predicted octanol–water partition coefficient (Wildman–Crippen LogP) is 21.7. The van der Waals surface area contributed by atoms with Gasteiger partial charge in [0.25, 0.3) is 0 Å². The van der Waals surface area contributed by atoms with Crippen molar-refractivity contribution in [3.63, 3.8) is 0 Å². The third-order valence-electron chi connectivity index (χ3n) is 0. The summed E-state index contributed by atoms with van der Waals surface area (Å²) >= 11 is 0. The molecule has 0 saturated carbocycles. The van der Waals surface area contributed by atoms with E-state index >= 15 is 0 Å². The molecule has 6 nitrogen and oxygen atoms in total. The third-order valence-corrected chi connectivity index (χ3v) is 0. The Morgan fingerprint density at radius 2 is 0.114 bits per heavy atom. The Bertz CT molecular complexity index is 318. The maximum Gasteiger partial charge on any atom is 0.116 e. The molecule has 0 bridgehead atoms. The van der Waals surface area contributed by atoms with Crippen molar-refractivity contribution in [3.8, 4) is 0 Å². The van der Waals surface area contributed by atoms with E-state index in [1.807, 2.05) is 27.2 Å². The molecule has 0 spiro atoms. The summed E-state index contributed by atoms with van der Waals surface area (Å²) in [5.41, 5.74) is 0. The molecule has 0 aromatic carbocycles. The normalized spacial score (nSPS) is 2.06. The van der Waals surface area contributed by atoms with Crippen molar-refractivity contribution in [1.29, 1.82) is 0 Å². The fourth-order valence-electron chi connectivity index (χ4n) is 0. The molecule has 0 amide bonds. The van der Waals surface area contributed by atoms with Gasteiger partial charge >= 0.3 is 0 Å². The van der Waals surface area contributed by atoms with Crippen LogP contribution in [0.4, 0.5) is 0 Å². The molecule has 0 aliphatic carbocycles. The van der Waals surface area contributed by atoms with Gasteiger partial charge in [0.05, 0.1) is 0 Å². The first kappa shape index (κ1) is 307. The summed E-state index contributed by atoms with van der Waals surface area (Å²) in [7, 11) is 0. The lowest BCUT2D eigenvalue weighted by Gasteiger charge is -1.02. The van der Waals surface area contributed by atoms with E-state index in [1.165, 1.54) is 11.9 Å². The van der Waals surface area contributed by atoms with Gasteiger partial charge in [-0.05, 0) is 13.2 Å². The Balaban J connectivity index is -0.00000000597. The largest absolute Gasteiger partial charge is 0.307 e. The molecule has 0 N–H and O–H groups in total. The van der Waals surface area contributed by atoms with Crippen LogP contribution in [0.15, 0.2) is 382 Å². The second-order valence-corrected chi connectivity index (χ2v) is 0.289. The first-order valence-electron chi connectivity index (χ1n) is 16.3. The molecular formula is C64H124O6. The summed E-state index contributed by atoms with van der Waals surface area (Å²) < 4.78 is 0. The number of hydrogen-bond acceptors (Lipinski definition) is 6. The smallest absolute Gasteiger partial charge is 0.116 e. The molecule has 6 heteroatoms. The summed E-state index contributed by atoms with van der Waals surface area (Å²) in [6, 6.07) is 0. The van der Waals surface area contributed by atoms with E-state index in [4.69, 9.17) is 28.8 Å². The minimum atomic E-state index is 1.25. The lowest BCUT2D eigenvalue weighted by Crippen LogP contribution is -1.15. The molecule has 0 aliphatic heterocycles. The van der Waals surface area contributed by atoms with Crippen LogP contribution in [0.5, 0.6) is 0 Å². The summed E-state index contributed by atoms with van der Waals surface area (Å²) in [6.07, 6.45) is 0. The van der Waals surface area contributed by atoms with Crippen LogP contribution in [0.2, 0.25) is 0 Å². The molecule has 0 aromatic rings. The molecule has 416 valence electrons. The van der Waals surface area contributed by atoms with Gasteiger partial charge in [0.1, 0.15) is 39.0 Å². The fourth-order valence-corrected chi connectivity index (χ4v) is 0. The lowest BCUT2D eigenvalue weighted by atomic mass is 11.2. The molecule has 0 saturated heterocycles.